The summed E-state index contributed by atoms with van der Waals surface area (Å²) in [7, 11) is 0. The van der Waals surface area contributed by atoms with E-state index in [2.05, 4.69) is 0 Å². The molecule has 2 aromatic rings. The maximum Gasteiger partial charge on any atom is 0.216 e. The zero-order chi connectivity index (χ0) is 11.2. The summed E-state index contributed by atoms with van der Waals surface area (Å²) in [6.07, 6.45) is 2.30. The highest BCUT2D eigenvalue weighted by atomic mass is 16.5. The van der Waals surface area contributed by atoms with Gasteiger partial charge >= 0.3 is 0 Å². The number of hydrogen-bond acceptors (Lipinski definition) is 1. The third-order valence-corrected chi connectivity index (χ3v) is 2.35. The third kappa shape index (κ3) is 2.70. The molecule has 0 saturated heterocycles. The Morgan fingerprint density at radius 3 is 2.06 bits per heavy atom. The minimum absolute atomic E-state index is 0.652. The highest BCUT2D eigenvalue weighted by Crippen LogP contribution is 2.08. The van der Waals surface area contributed by atoms with Crippen molar-refractivity contribution in [2.45, 2.75) is 6.42 Å². The molecule has 0 heterocycles. The standard InChI is InChI=1S/C14H13NO/c16-15(14-9-5-2-6-10-14)12-11-13-7-3-1-4-8-13/h1-10,12H,11H2. The first-order valence-corrected chi connectivity index (χ1v) is 5.25. The molecule has 0 spiro atoms. The van der Waals surface area contributed by atoms with E-state index in [1.165, 1.54) is 0 Å². The Morgan fingerprint density at radius 2 is 1.44 bits per heavy atom. The molecule has 2 nitrogen and oxygen atoms in total. The molecular formula is C14H13NO. The quantitative estimate of drug-likeness (QED) is 0.331. The molecule has 16 heavy (non-hydrogen) atoms. The zero-order valence-electron chi connectivity index (χ0n) is 8.91. The van der Waals surface area contributed by atoms with Gasteiger partial charge in [0.1, 0.15) is 0 Å². The van der Waals surface area contributed by atoms with Gasteiger partial charge in [-0.2, -0.15) is 4.74 Å². The Balaban J connectivity index is 2.09. The minimum atomic E-state index is 0.652. The second-order valence-electron chi connectivity index (χ2n) is 3.53. The van der Waals surface area contributed by atoms with Gasteiger partial charge < -0.3 is 5.21 Å². The van der Waals surface area contributed by atoms with Crippen LogP contribution in [0, 0.1) is 5.21 Å². The Kier molecular flexibility index (Phi) is 3.34. The number of benzene rings is 2. The highest BCUT2D eigenvalue weighted by molar-refractivity contribution is 5.58. The van der Waals surface area contributed by atoms with E-state index in [1.807, 2.05) is 48.5 Å². The molecule has 0 aliphatic carbocycles. The van der Waals surface area contributed by atoms with Gasteiger partial charge in [-0.25, -0.2) is 0 Å². The fourth-order valence-electron chi connectivity index (χ4n) is 1.48. The normalized spacial score (nSPS) is 11.4. The van der Waals surface area contributed by atoms with Crippen LogP contribution in [0.1, 0.15) is 5.56 Å². The number of hydrogen-bond donors (Lipinski definition) is 0. The predicted octanol–water partition coefficient (Wildman–Crippen LogP) is 3.14. The van der Waals surface area contributed by atoms with Crippen LogP contribution in [-0.2, 0) is 6.42 Å². The van der Waals surface area contributed by atoms with Gasteiger partial charge in [0.15, 0.2) is 6.21 Å². The molecule has 0 saturated carbocycles. The lowest BCUT2D eigenvalue weighted by molar-refractivity contribution is -0.356. The van der Waals surface area contributed by atoms with Crippen LogP contribution in [0.4, 0.5) is 5.69 Å². The van der Waals surface area contributed by atoms with Gasteiger partial charge in [0.25, 0.3) is 0 Å². The van der Waals surface area contributed by atoms with Crippen molar-refractivity contribution in [3.05, 3.63) is 71.4 Å². The lowest BCUT2D eigenvalue weighted by Gasteiger charge is -2.02. The van der Waals surface area contributed by atoms with Gasteiger partial charge in [-0.05, 0) is 5.56 Å². The molecule has 0 amide bonds. The van der Waals surface area contributed by atoms with Crippen LogP contribution in [0.3, 0.4) is 0 Å². The summed E-state index contributed by atoms with van der Waals surface area (Å²) in [6.45, 7) is 0. The van der Waals surface area contributed by atoms with E-state index in [0.717, 1.165) is 10.3 Å². The third-order valence-electron chi connectivity index (χ3n) is 2.35. The monoisotopic (exact) mass is 211 g/mol. The SMILES string of the molecule is [O-][N+](=CCc1ccccc1)c1ccccc1. The fraction of sp³-hybridized carbons (Fsp3) is 0.0714. The predicted molar refractivity (Wildman–Crippen MR) is 65.9 cm³/mol. The van der Waals surface area contributed by atoms with Crippen LogP contribution in [0.5, 0.6) is 0 Å². The fourth-order valence-corrected chi connectivity index (χ4v) is 1.48. The van der Waals surface area contributed by atoms with Crippen molar-refractivity contribution in [3.8, 4) is 0 Å². The van der Waals surface area contributed by atoms with E-state index in [4.69, 9.17) is 0 Å². The summed E-state index contributed by atoms with van der Waals surface area (Å²) in [6, 6.07) is 19.1. The molecule has 0 aromatic heterocycles. The van der Waals surface area contributed by atoms with E-state index in [9.17, 15) is 5.21 Å². The lowest BCUT2D eigenvalue weighted by Crippen LogP contribution is -1.99. The minimum Gasteiger partial charge on any atom is -0.619 e. The number of para-hydroxylation sites is 1. The topological polar surface area (TPSA) is 26.1 Å². The van der Waals surface area contributed by atoms with Gasteiger partial charge in [-0.15, -0.1) is 0 Å². The molecule has 0 aliphatic rings. The summed E-state index contributed by atoms with van der Waals surface area (Å²) < 4.78 is 0.910. The van der Waals surface area contributed by atoms with E-state index in [1.54, 1.807) is 18.3 Å². The van der Waals surface area contributed by atoms with Crippen molar-refractivity contribution in [3.63, 3.8) is 0 Å². The second kappa shape index (κ2) is 5.12. The van der Waals surface area contributed by atoms with Crippen LogP contribution in [0.15, 0.2) is 60.7 Å². The Morgan fingerprint density at radius 1 is 0.875 bits per heavy atom. The summed E-state index contributed by atoms with van der Waals surface area (Å²) in [5, 5.41) is 11.7. The van der Waals surface area contributed by atoms with E-state index in [-0.39, 0.29) is 0 Å². The number of nitrogens with zero attached hydrogens (tertiary/aromatic N) is 1. The number of rotatable bonds is 3. The van der Waals surface area contributed by atoms with E-state index < -0.39 is 0 Å². The average Bonchev–Trinajstić information content (AvgIpc) is 2.38. The maximum atomic E-state index is 11.7. The summed E-state index contributed by atoms with van der Waals surface area (Å²) >= 11 is 0. The molecule has 2 aromatic carbocycles. The summed E-state index contributed by atoms with van der Waals surface area (Å²) in [4.78, 5) is 0. The largest absolute Gasteiger partial charge is 0.619 e. The Hall–Kier alpha value is -2.09. The first-order valence-electron chi connectivity index (χ1n) is 5.25. The summed E-state index contributed by atoms with van der Waals surface area (Å²) in [5.41, 5.74) is 1.80. The first-order chi connectivity index (χ1) is 7.86. The highest BCUT2D eigenvalue weighted by Gasteiger charge is 1.98. The van der Waals surface area contributed by atoms with Gasteiger partial charge in [0, 0.05) is 12.1 Å². The van der Waals surface area contributed by atoms with Crippen molar-refractivity contribution in [1.29, 1.82) is 0 Å². The van der Waals surface area contributed by atoms with Crippen LogP contribution in [0.25, 0.3) is 0 Å². The molecule has 0 radical (unpaired) electrons. The molecule has 2 rings (SSSR count). The van der Waals surface area contributed by atoms with Crippen LogP contribution in [-0.4, -0.2) is 11.0 Å². The zero-order valence-corrected chi connectivity index (χ0v) is 8.91. The van der Waals surface area contributed by atoms with Crippen LogP contribution < -0.4 is 0 Å². The average molecular weight is 211 g/mol. The van der Waals surface area contributed by atoms with Crippen molar-refractivity contribution in [2.75, 3.05) is 0 Å². The molecule has 2 heteroatoms. The van der Waals surface area contributed by atoms with Crippen LogP contribution in [0.2, 0.25) is 0 Å². The molecule has 0 atom stereocenters. The molecule has 0 bridgehead atoms. The molecule has 80 valence electrons. The Labute approximate surface area is 95.1 Å². The first kappa shape index (κ1) is 10.4. The summed E-state index contributed by atoms with van der Waals surface area (Å²) in [5.74, 6) is 0. The maximum absolute atomic E-state index is 11.7. The molecule has 0 N–H and O–H groups in total. The van der Waals surface area contributed by atoms with Gasteiger partial charge in [-0.1, -0.05) is 48.5 Å². The van der Waals surface area contributed by atoms with E-state index in [0.29, 0.717) is 12.1 Å². The van der Waals surface area contributed by atoms with Gasteiger partial charge in [0.2, 0.25) is 5.69 Å². The molecular weight excluding hydrogens is 198 g/mol. The molecule has 0 unspecified atom stereocenters. The van der Waals surface area contributed by atoms with Gasteiger partial charge in [0.05, 0.1) is 6.42 Å². The van der Waals surface area contributed by atoms with Crippen molar-refractivity contribution in [1.82, 2.24) is 0 Å². The smallest absolute Gasteiger partial charge is 0.216 e. The van der Waals surface area contributed by atoms with Crippen LogP contribution >= 0.6 is 0 Å². The Bertz CT molecular complexity index is 463. The van der Waals surface area contributed by atoms with Crippen molar-refractivity contribution >= 4 is 11.9 Å². The van der Waals surface area contributed by atoms with E-state index >= 15 is 0 Å². The second-order valence-corrected chi connectivity index (χ2v) is 3.53. The van der Waals surface area contributed by atoms with Crippen molar-refractivity contribution in [2.24, 2.45) is 0 Å². The lowest BCUT2D eigenvalue weighted by atomic mass is 10.2. The van der Waals surface area contributed by atoms with Gasteiger partial charge in [-0.3, -0.25) is 0 Å². The van der Waals surface area contributed by atoms with Crippen molar-refractivity contribution < 1.29 is 4.74 Å². The molecule has 0 fully saturated rings. The molecule has 0 aliphatic heterocycles.